The lowest BCUT2D eigenvalue weighted by molar-refractivity contribution is -0.137. The molecule has 3 nitrogen and oxygen atoms in total. The van der Waals surface area contributed by atoms with Gasteiger partial charge in [-0.1, -0.05) is 6.92 Å². The van der Waals surface area contributed by atoms with Crippen molar-refractivity contribution in [3.05, 3.63) is 48.0 Å². The molecular formula is C14H13FO3. The van der Waals surface area contributed by atoms with E-state index >= 15 is 0 Å². The van der Waals surface area contributed by atoms with Crippen LogP contribution in [-0.4, -0.2) is 11.1 Å². The lowest BCUT2D eigenvalue weighted by atomic mass is 10.1. The number of aliphatic carboxylic acids is 1. The molecule has 1 heterocycles. The molecule has 0 aliphatic carbocycles. The normalized spacial score (nSPS) is 12.3. The van der Waals surface area contributed by atoms with Crippen molar-refractivity contribution in [1.29, 1.82) is 0 Å². The average Bonchev–Trinajstić information content (AvgIpc) is 2.78. The summed E-state index contributed by atoms with van der Waals surface area (Å²) in [5, 5.41) is 8.72. The molecule has 0 bridgehead atoms. The zero-order valence-electron chi connectivity index (χ0n) is 9.89. The first kappa shape index (κ1) is 12.4. The standard InChI is InChI=1S/C14H13FO3/c1-9(8-14(16)17)12-6-7-13(18-12)10-2-4-11(15)5-3-10/h2-7,9H,8H2,1H3,(H,16,17). The van der Waals surface area contributed by atoms with Crippen LogP contribution < -0.4 is 0 Å². The summed E-state index contributed by atoms with van der Waals surface area (Å²) in [4.78, 5) is 10.6. The molecule has 0 aliphatic heterocycles. The minimum absolute atomic E-state index is 0.0242. The minimum Gasteiger partial charge on any atom is -0.481 e. The number of benzene rings is 1. The Hall–Kier alpha value is -2.10. The first-order chi connectivity index (χ1) is 8.56. The quantitative estimate of drug-likeness (QED) is 0.898. The largest absolute Gasteiger partial charge is 0.481 e. The van der Waals surface area contributed by atoms with Crippen molar-refractivity contribution >= 4 is 5.97 Å². The van der Waals surface area contributed by atoms with Crippen LogP contribution in [0, 0.1) is 5.82 Å². The third-order valence-electron chi connectivity index (χ3n) is 2.72. The first-order valence-corrected chi connectivity index (χ1v) is 5.63. The van der Waals surface area contributed by atoms with Crippen LogP contribution in [0.3, 0.4) is 0 Å². The molecule has 94 valence electrons. The van der Waals surface area contributed by atoms with Crippen molar-refractivity contribution in [1.82, 2.24) is 0 Å². The van der Waals surface area contributed by atoms with E-state index in [-0.39, 0.29) is 18.2 Å². The van der Waals surface area contributed by atoms with E-state index in [4.69, 9.17) is 9.52 Å². The molecule has 1 N–H and O–H groups in total. The van der Waals surface area contributed by atoms with Crippen molar-refractivity contribution in [2.24, 2.45) is 0 Å². The molecule has 1 unspecified atom stereocenters. The van der Waals surface area contributed by atoms with Gasteiger partial charge in [-0.2, -0.15) is 0 Å². The monoisotopic (exact) mass is 248 g/mol. The van der Waals surface area contributed by atoms with Gasteiger partial charge in [-0.3, -0.25) is 4.79 Å². The Labute approximate surface area is 104 Å². The van der Waals surface area contributed by atoms with E-state index in [2.05, 4.69) is 0 Å². The second kappa shape index (κ2) is 5.04. The van der Waals surface area contributed by atoms with Gasteiger partial charge >= 0.3 is 5.97 Å². The van der Waals surface area contributed by atoms with E-state index in [9.17, 15) is 9.18 Å². The Kier molecular flexibility index (Phi) is 3.46. The summed E-state index contributed by atoms with van der Waals surface area (Å²) in [5.74, 6) is -0.109. The maximum atomic E-state index is 12.8. The van der Waals surface area contributed by atoms with Crippen molar-refractivity contribution < 1.29 is 18.7 Å². The van der Waals surface area contributed by atoms with Gasteiger partial charge in [-0.15, -0.1) is 0 Å². The molecule has 18 heavy (non-hydrogen) atoms. The Morgan fingerprint density at radius 2 is 1.94 bits per heavy atom. The fourth-order valence-electron chi connectivity index (χ4n) is 1.75. The Bertz CT molecular complexity index is 542. The van der Waals surface area contributed by atoms with Crippen LogP contribution in [0.2, 0.25) is 0 Å². The van der Waals surface area contributed by atoms with E-state index in [1.807, 2.05) is 0 Å². The number of halogens is 1. The van der Waals surface area contributed by atoms with Crippen LogP contribution in [0.1, 0.15) is 25.0 Å². The van der Waals surface area contributed by atoms with Crippen molar-refractivity contribution in [2.75, 3.05) is 0 Å². The van der Waals surface area contributed by atoms with Gasteiger partial charge in [-0.25, -0.2) is 4.39 Å². The van der Waals surface area contributed by atoms with E-state index in [0.717, 1.165) is 5.56 Å². The molecule has 0 spiro atoms. The molecule has 4 heteroatoms. The van der Waals surface area contributed by atoms with Crippen LogP contribution in [0.25, 0.3) is 11.3 Å². The SMILES string of the molecule is CC(CC(=O)O)c1ccc(-c2ccc(F)cc2)o1. The zero-order chi connectivity index (χ0) is 13.1. The maximum Gasteiger partial charge on any atom is 0.304 e. The van der Waals surface area contributed by atoms with Crippen molar-refractivity contribution in [2.45, 2.75) is 19.3 Å². The first-order valence-electron chi connectivity index (χ1n) is 5.63. The summed E-state index contributed by atoms with van der Waals surface area (Å²) < 4.78 is 18.4. The van der Waals surface area contributed by atoms with Gasteiger partial charge in [0, 0.05) is 11.5 Å². The lowest BCUT2D eigenvalue weighted by Crippen LogP contribution is -2.01. The van der Waals surface area contributed by atoms with Gasteiger partial charge in [0.2, 0.25) is 0 Å². The Morgan fingerprint density at radius 3 is 2.56 bits per heavy atom. The molecule has 1 aromatic heterocycles. The van der Waals surface area contributed by atoms with Gasteiger partial charge in [0.25, 0.3) is 0 Å². The number of carboxylic acids is 1. The van der Waals surface area contributed by atoms with Gasteiger partial charge in [0.1, 0.15) is 17.3 Å². The summed E-state index contributed by atoms with van der Waals surface area (Å²) >= 11 is 0. The lowest BCUT2D eigenvalue weighted by Gasteiger charge is -2.04. The molecule has 1 atom stereocenters. The summed E-state index contributed by atoms with van der Waals surface area (Å²) in [5.41, 5.74) is 0.769. The highest BCUT2D eigenvalue weighted by molar-refractivity contribution is 5.68. The smallest absolute Gasteiger partial charge is 0.304 e. The zero-order valence-corrected chi connectivity index (χ0v) is 9.89. The van der Waals surface area contributed by atoms with Gasteiger partial charge < -0.3 is 9.52 Å². The molecule has 2 aromatic rings. The minimum atomic E-state index is -0.859. The molecule has 1 aromatic carbocycles. The number of hydrogen-bond acceptors (Lipinski definition) is 2. The van der Waals surface area contributed by atoms with E-state index in [0.29, 0.717) is 11.5 Å². The molecular weight excluding hydrogens is 235 g/mol. The van der Waals surface area contributed by atoms with Crippen LogP contribution in [0.15, 0.2) is 40.8 Å². The van der Waals surface area contributed by atoms with Crippen molar-refractivity contribution in [3.8, 4) is 11.3 Å². The van der Waals surface area contributed by atoms with Crippen molar-refractivity contribution in [3.63, 3.8) is 0 Å². The van der Waals surface area contributed by atoms with Gasteiger partial charge in [0.05, 0.1) is 6.42 Å². The van der Waals surface area contributed by atoms with Gasteiger partial charge in [-0.05, 0) is 36.4 Å². The maximum absolute atomic E-state index is 12.8. The topological polar surface area (TPSA) is 50.4 Å². The average molecular weight is 248 g/mol. The number of carbonyl (C=O) groups is 1. The predicted octanol–water partition coefficient (Wildman–Crippen LogP) is 3.66. The van der Waals surface area contributed by atoms with E-state index < -0.39 is 5.97 Å². The predicted molar refractivity (Wildman–Crippen MR) is 64.8 cm³/mol. The molecule has 0 saturated carbocycles. The molecule has 2 rings (SSSR count). The van der Waals surface area contributed by atoms with E-state index in [1.54, 1.807) is 31.2 Å². The fourth-order valence-corrected chi connectivity index (χ4v) is 1.75. The second-order valence-electron chi connectivity index (χ2n) is 4.21. The molecule has 0 saturated heterocycles. The molecule has 0 radical (unpaired) electrons. The molecule has 0 aliphatic rings. The fraction of sp³-hybridized carbons (Fsp3) is 0.214. The third kappa shape index (κ3) is 2.77. The van der Waals surface area contributed by atoms with Crippen LogP contribution in [-0.2, 0) is 4.79 Å². The summed E-state index contributed by atoms with van der Waals surface area (Å²) in [6.07, 6.45) is 0.0242. The number of carboxylic acid groups (broad SMARTS) is 1. The highest BCUT2D eigenvalue weighted by Crippen LogP contribution is 2.27. The summed E-state index contributed by atoms with van der Waals surface area (Å²) in [6, 6.07) is 9.49. The number of hydrogen-bond donors (Lipinski definition) is 1. The Morgan fingerprint density at radius 1 is 1.28 bits per heavy atom. The second-order valence-corrected chi connectivity index (χ2v) is 4.21. The number of furan rings is 1. The third-order valence-corrected chi connectivity index (χ3v) is 2.72. The highest BCUT2D eigenvalue weighted by Gasteiger charge is 2.14. The van der Waals surface area contributed by atoms with Crippen LogP contribution >= 0.6 is 0 Å². The highest BCUT2D eigenvalue weighted by atomic mass is 19.1. The van der Waals surface area contributed by atoms with Crippen LogP contribution in [0.5, 0.6) is 0 Å². The summed E-state index contributed by atoms with van der Waals surface area (Å²) in [7, 11) is 0. The van der Waals surface area contributed by atoms with Crippen LogP contribution in [0.4, 0.5) is 4.39 Å². The van der Waals surface area contributed by atoms with E-state index in [1.165, 1.54) is 12.1 Å². The summed E-state index contributed by atoms with van der Waals surface area (Å²) in [6.45, 7) is 1.79. The van der Waals surface area contributed by atoms with Gasteiger partial charge in [0.15, 0.2) is 0 Å². The molecule has 0 amide bonds. The number of rotatable bonds is 4. The Balaban J connectivity index is 2.19. The molecule has 0 fully saturated rings.